The minimum atomic E-state index is -4.23. The maximum atomic E-state index is 13.9. The molecule has 2 aromatic heterocycles. The number of halogens is 1. The van der Waals surface area contributed by atoms with E-state index in [1.54, 1.807) is 48.5 Å². The van der Waals surface area contributed by atoms with E-state index in [9.17, 15) is 24.4 Å². The highest BCUT2D eigenvalue weighted by Crippen LogP contribution is 2.44. The van der Waals surface area contributed by atoms with E-state index in [0.29, 0.717) is 3.83 Å². The van der Waals surface area contributed by atoms with Gasteiger partial charge in [-0.1, -0.05) is 60.7 Å². The highest BCUT2D eigenvalue weighted by Gasteiger charge is 2.54. The maximum Gasteiger partial charge on any atom is 0.341 e. The quantitative estimate of drug-likeness (QED) is 0.0499. The molecule has 0 unspecified atom stereocenters. The summed E-state index contributed by atoms with van der Waals surface area (Å²) in [4.78, 5) is 37.7. The lowest BCUT2D eigenvalue weighted by molar-refractivity contribution is -0.144. The summed E-state index contributed by atoms with van der Waals surface area (Å²) in [6.45, 7) is -0.386. The summed E-state index contributed by atoms with van der Waals surface area (Å²) < 4.78 is 43.1. The van der Waals surface area contributed by atoms with Crippen LogP contribution in [0.1, 0.15) is 24.3 Å². The number of aliphatic hydroxyl groups is 2. The first-order valence-corrected chi connectivity index (χ1v) is 17.6. The lowest BCUT2D eigenvalue weighted by Crippen LogP contribution is -2.45. The molecule has 19 heteroatoms. The van der Waals surface area contributed by atoms with Gasteiger partial charge in [0.1, 0.15) is 44.1 Å². The van der Waals surface area contributed by atoms with E-state index in [1.807, 2.05) is 34.7 Å². The zero-order chi connectivity index (χ0) is 35.2. The fraction of sp³-hybridized carbons (Fsp3) is 0.367. The third kappa shape index (κ3) is 8.89. The molecule has 17 nitrogen and oxygen atoms in total. The monoisotopic (exact) mass is 811 g/mol. The van der Waals surface area contributed by atoms with Gasteiger partial charge < -0.3 is 39.4 Å². The second-order valence-corrected chi connectivity index (χ2v) is 14.0. The number of rotatable bonds is 15. The van der Waals surface area contributed by atoms with E-state index in [-0.39, 0.29) is 36.2 Å². The number of nitrogen functional groups attached to an aromatic ring is 1. The molecule has 1 fully saturated rings. The number of nitrogens with zero attached hydrogens (tertiary/aromatic N) is 4. The molecule has 1 aliphatic heterocycles. The molecule has 0 bridgehead atoms. The summed E-state index contributed by atoms with van der Waals surface area (Å²) in [5, 5.41) is 27.5. The summed E-state index contributed by atoms with van der Waals surface area (Å²) >= 11 is 1.90. The first-order chi connectivity index (χ1) is 23.4. The van der Waals surface area contributed by atoms with Crippen LogP contribution in [-0.2, 0) is 46.1 Å². The molecular weight excluding hydrogens is 776 g/mol. The average molecular weight is 812 g/mol. The van der Waals surface area contributed by atoms with Gasteiger partial charge in [-0.25, -0.2) is 15.2 Å². The number of carbonyl (C=O) groups is 2. The number of aromatic nitrogens is 4. The molecular formula is C30H35IN7O10P. The van der Waals surface area contributed by atoms with E-state index in [4.69, 9.17) is 29.2 Å². The molecule has 0 radical (unpaired) electrons. The second-order valence-electron chi connectivity index (χ2n) is 11.0. The summed E-state index contributed by atoms with van der Waals surface area (Å²) in [5.74, 6) is -1.53. The zero-order valence-electron chi connectivity index (χ0n) is 26.4. The first kappa shape index (κ1) is 36.5. The Morgan fingerprint density at radius 2 is 1.55 bits per heavy atom. The topological polar surface area (TPSA) is 231 Å². The van der Waals surface area contributed by atoms with Crippen molar-refractivity contribution in [3.05, 3.63) is 75.6 Å². The Labute approximate surface area is 294 Å². The molecule has 4 atom stereocenters. The number of imidazole rings is 1. The van der Waals surface area contributed by atoms with Gasteiger partial charge in [-0.15, -0.1) is 0 Å². The highest BCUT2D eigenvalue weighted by atomic mass is 127. The van der Waals surface area contributed by atoms with Crippen LogP contribution in [0.25, 0.3) is 11.2 Å². The number of carbonyl (C=O) groups excluding carboxylic acids is 2. The molecule has 0 spiro atoms. The van der Waals surface area contributed by atoms with Gasteiger partial charge in [0, 0.05) is 22.6 Å². The fourth-order valence-electron chi connectivity index (χ4n) is 4.88. The number of hydrogen-bond acceptors (Lipinski definition) is 14. The highest BCUT2D eigenvalue weighted by molar-refractivity contribution is 14.1. The van der Waals surface area contributed by atoms with Gasteiger partial charge in [0.15, 0.2) is 21.2 Å². The van der Waals surface area contributed by atoms with Gasteiger partial charge in [0.05, 0.1) is 13.7 Å². The van der Waals surface area contributed by atoms with Crippen molar-refractivity contribution in [3.8, 4) is 5.88 Å². The Balaban J connectivity index is 1.28. The Morgan fingerprint density at radius 3 is 2.08 bits per heavy atom. The van der Waals surface area contributed by atoms with Gasteiger partial charge in [0.25, 0.3) is 0 Å². The molecule has 0 amide bonds. The maximum absolute atomic E-state index is 13.9. The number of methoxy groups -OCH3 is 1. The third-order valence-corrected chi connectivity index (χ3v) is 9.86. The Hall–Kier alpha value is -3.75. The molecule has 1 aliphatic rings. The summed E-state index contributed by atoms with van der Waals surface area (Å²) in [6, 6.07) is 17.9. The van der Waals surface area contributed by atoms with Gasteiger partial charge in [0.2, 0.25) is 11.8 Å². The summed E-state index contributed by atoms with van der Waals surface area (Å²) in [5.41, 5.74) is 5.83. The van der Waals surface area contributed by atoms with Crippen LogP contribution in [0.5, 0.6) is 5.88 Å². The molecule has 4 aromatic rings. The zero-order valence-corrected chi connectivity index (χ0v) is 29.4. The molecule has 0 saturated carbocycles. The minimum absolute atomic E-state index is 0.0193. The molecule has 262 valence electrons. The number of anilines is 1. The van der Waals surface area contributed by atoms with Crippen LogP contribution in [0.3, 0.4) is 0 Å². The van der Waals surface area contributed by atoms with Crippen LogP contribution in [-0.4, -0.2) is 86.3 Å². The summed E-state index contributed by atoms with van der Waals surface area (Å²) in [6.07, 6.45) is -4.11. The smallest absolute Gasteiger partial charge is 0.341 e. The molecule has 49 heavy (non-hydrogen) atoms. The van der Waals surface area contributed by atoms with Crippen LogP contribution in [0.4, 0.5) is 5.95 Å². The van der Waals surface area contributed by atoms with Gasteiger partial charge in [-0.05, 0) is 18.1 Å². The average Bonchev–Trinajstić information content (AvgIpc) is 3.54. The van der Waals surface area contributed by atoms with E-state index < -0.39 is 63.3 Å². The lowest BCUT2D eigenvalue weighted by Gasteiger charge is -2.28. The number of fused-ring (bicyclic) bond motifs is 1. The van der Waals surface area contributed by atoms with Crippen LogP contribution in [0.2, 0.25) is 0 Å². The van der Waals surface area contributed by atoms with Crippen molar-refractivity contribution in [1.82, 2.24) is 29.7 Å². The fourth-order valence-corrected chi connectivity index (χ4v) is 6.93. The number of ether oxygens (including phenoxy) is 4. The van der Waals surface area contributed by atoms with E-state index in [1.165, 1.54) is 18.6 Å². The number of aliphatic hydroxyl groups excluding tert-OH is 1. The number of esters is 2. The molecule has 6 N–H and O–H groups in total. The second kappa shape index (κ2) is 15.9. The molecule has 3 heterocycles. The van der Waals surface area contributed by atoms with Gasteiger partial charge in [-0.2, -0.15) is 9.97 Å². The van der Waals surface area contributed by atoms with E-state index >= 15 is 0 Å². The Kier molecular flexibility index (Phi) is 11.8. The number of nitrogens with one attached hydrogen (secondary N) is 2. The molecule has 0 aliphatic carbocycles. The first-order valence-electron chi connectivity index (χ1n) is 14.8. The molecule has 5 rings (SSSR count). The van der Waals surface area contributed by atoms with Crippen molar-refractivity contribution in [2.45, 2.75) is 44.2 Å². The van der Waals surface area contributed by atoms with Gasteiger partial charge >= 0.3 is 19.6 Å². The normalized spacial score (nSPS) is 20.7. The lowest BCUT2D eigenvalue weighted by atomic mass is 9.96. The predicted octanol–water partition coefficient (Wildman–Crippen LogP) is 1.82. The van der Waals surface area contributed by atoms with Crippen molar-refractivity contribution >= 4 is 59.3 Å². The van der Waals surface area contributed by atoms with Crippen LogP contribution in [0.15, 0.2) is 60.7 Å². The predicted molar refractivity (Wildman–Crippen MR) is 182 cm³/mol. The number of benzene rings is 2. The van der Waals surface area contributed by atoms with Crippen LogP contribution >= 0.6 is 30.3 Å². The number of hydrogen-bond donors (Lipinski definition) is 5. The Bertz CT molecular complexity index is 1750. The van der Waals surface area contributed by atoms with Crippen molar-refractivity contribution in [1.29, 1.82) is 0 Å². The number of nitrogens with two attached hydrogens (primary N) is 1. The largest absolute Gasteiger partial charge is 0.479 e. The van der Waals surface area contributed by atoms with Gasteiger partial charge in [-0.3, -0.25) is 18.7 Å². The SMILES string of the molecule is COc1nc(N)nc2c1nc(I)n2[C@@H]1O[C@H](COP(=O)(NCC(=O)OCc2ccccc2)NCC(=O)OCc2ccccc2)[C@@H](O)[C@@]1(C)O. The van der Waals surface area contributed by atoms with E-state index in [2.05, 4.69) is 25.1 Å². The van der Waals surface area contributed by atoms with E-state index in [0.717, 1.165) is 11.1 Å². The van der Waals surface area contributed by atoms with Crippen LogP contribution < -0.4 is 20.6 Å². The molecule has 2 aromatic carbocycles. The van der Waals surface area contributed by atoms with Crippen molar-refractivity contribution in [2.75, 3.05) is 32.5 Å². The molecule has 1 saturated heterocycles. The van der Waals surface area contributed by atoms with Crippen LogP contribution in [0, 0.1) is 3.83 Å². The third-order valence-electron chi connectivity index (χ3n) is 7.43. The minimum Gasteiger partial charge on any atom is -0.479 e. The Morgan fingerprint density at radius 1 is 1.00 bits per heavy atom. The van der Waals surface area contributed by atoms with Crippen molar-refractivity contribution in [3.63, 3.8) is 0 Å². The summed E-state index contributed by atoms with van der Waals surface area (Å²) in [7, 11) is -2.85. The van der Waals surface area contributed by atoms with Crippen molar-refractivity contribution in [2.24, 2.45) is 0 Å². The van der Waals surface area contributed by atoms with Crippen molar-refractivity contribution < 1.29 is 47.8 Å². The standard InChI is InChI=1S/C30H35IN7O10P/c1-30(42)24(41)20(48-27(30)38-25-23(35-28(38)31)26(44-2)37-29(32)36-25)17-47-49(43,33-13-21(39)45-15-18-9-5-3-6-10-18)34-14-22(40)46-16-19-11-7-4-8-12-19/h3-12,20,24,27,41-42H,13-17H2,1-2H3,(H2,32,36,37)(H2,33,34,43)/t20-,24-,27-,30-/m1/s1.